The third kappa shape index (κ3) is 5.56. The summed E-state index contributed by atoms with van der Waals surface area (Å²) < 4.78 is 16.1. The molecule has 2 aromatic carbocycles. The van der Waals surface area contributed by atoms with Crippen molar-refractivity contribution in [1.82, 2.24) is 9.97 Å². The molecule has 166 valence electrons. The summed E-state index contributed by atoms with van der Waals surface area (Å²) in [5, 5.41) is 11.6. The number of methoxy groups -OCH3 is 3. The van der Waals surface area contributed by atoms with E-state index < -0.39 is 5.97 Å². The van der Waals surface area contributed by atoms with Crippen molar-refractivity contribution in [3.63, 3.8) is 0 Å². The van der Waals surface area contributed by atoms with Crippen LogP contribution in [0, 0.1) is 6.92 Å². The predicted octanol–water partition coefficient (Wildman–Crippen LogP) is 2.83. The molecule has 0 atom stereocenters. The molecule has 0 spiro atoms. The number of aromatic nitrogens is 2. The van der Waals surface area contributed by atoms with E-state index in [1.165, 1.54) is 0 Å². The summed E-state index contributed by atoms with van der Waals surface area (Å²) in [6.45, 7) is 3.65. The second-order valence-corrected chi connectivity index (χ2v) is 6.50. The summed E-state index contributed by atoms with van der Waals surface area (Å²) in [6.07, 6.45) is 0. The molecule has 0 fully saturated rings. The lowest BCUT2D eigenvalue weighted by atomic mass is 10.0. The minimum Gasteiger partial charge on any atom is -0.493 e. The van der Waals surface area contributed by atoms with Crippen molar-refractivity contribution in [1.29, 1.82) is 0 Å². The van der Waals surface area contributed by atoms with Gasteiger partial charge in [0.05, 0.1) is 26.8 Å². The quantitative estimate of drug-likeness (QED) is 0.459. The first kappa shape index (κ1) is 23.3. The highest BCUT2D eigenvalue weighted by atomic mass is 16.5. The molecule has 31 heavy (non-hydrogen) atoms. The summed E-state index contributed by atoms with van der Waals surface area (Å²) in [7, 11) is 4.75. The second kappa shape index (κ2) is 10.2. The lowest BCUT2D eigenvalue weighted by Gasteiger charge is -2.16. The van der Waals surface area contributed by atoms with Crippen molar-refractivity contribution in [2.45, 2.75) is 20.4 Å². The van der Waals surface area contributed by atoms with Gasteiger partial charge in [-0.1, -0.05) is 6.07 Å². The zero-order valence-corrected chi connectivity index (χ0v) is 18.1. The molecule has 0 amide bonds. The van der Waals surface area contributed by atoms with E-state index in [1.807, 2.05) is 31.2 Å². The number of nitrogens with two attached hydrogens (primary N) is 2. The van der Waals surface area contributed by atoms with Crippen LogP contribution in [0.3, 0.4) is 0 Å². The molecular formula is C21H27N5O5. The zero-order valence-electron chi connectivity index (χ0n) is 18.1. The van der Waals surface area contributed by atoms with Gasteiger partial charge in [0.1, 0.15) is 5.82 Å². The molecule has 0 saturated heterocycles. The number of carbonyl (C=O) groups is 1. The number of fused-ring (bicyclic) bond motifs is 1. The lowest BCUT2D eigenvalue weighted by Crippen LogP contribution is -2.06. The van der Waals surface area contributed by atoms with Crippen LogP contribution in [0.5, 0.6) is 17.2 Å². The van der Waals surface area contributed by atoms with Crippen LogP contribution in [0.1, 0.15) is 18.1 Å². The SMILES string of the molecule is CC(=O)O.COc1cc(NCc2ccc3nc(N)nc(N)c3c2C)cc(OC)c1OC. The van der Waals surface area contributed by atoms with Gasteiger partial charge in [0.25, 0.3) is 5.97 Å². The number of nitrogens with one attached hydrogen (secondary N) is 1. The van der Waals surface area contributed by atoms with Crippen LogP contribution in [0.4, 0.5) is 17.5 Å². The van der Waals surface area contributed by atoms with Crippen LogP contribution in [-0.2, 0) is 11.3 Å². The molecule has 1 aromatic heterocycles. The Morgan fingerprint density at radius 3 is 2.16 bits per heavy atom. The lowest BCUT2D eigenvalue weighted by molar-refractivity contribution is -0.134. The molecule has 1 heterocycles. The molecule has 6 N–H and O–H groups in total. The van der Waals surface area contributed by atoms with Gasteiger partial charge >= 0.3 is 0 Å². The fourth-order valence-electron chi connectivity index (χ4n) is 3.06. The molecule has 0 aliphatic carbocycles. The maximum Gasteiger partial charge on any atom is 0.300 e. The number of carboxylic acids is 1. The summed E-state index contributed by atoms with van der Waals surface area (Å²) in [5.41, 5.74) is 15.4. The van der Waals surface area contributed by atoms with E-state index in [4.69, 9.17) is 35.6 Å². The summed E-state index contributed by atoms with van der Waals surface area (Å²) in [5.74, 6) is 1.44. The van der Waals surface area contributed by atoms with E-state index in [-0.39, 0.29) is 5.95 Å². The van der Waals surface area contributed by atoms with Gasteiger partial charge < -0.3 is 36.1 Å². The number of hydrogen-bond acceptors (Lipinski definition) is 9. The molecule has 0 aliphatic heterocycles. The summed E-state index contributed by atoms with van der Waals surface area (Å²) in [4.78, 5) is 17.3. The standard InChI is InChI=1S/C19H23N5O3.C2H4O2/c1-10-11(5-6-13-16(10)18(20)24-19(21)23-13)9-22-12-7-14(25-2)17(27-4)15(8-12)26-3;1-2(3)4/h5-8,22H,9H2,1-4H3,(H4,20,21,23,24);1H3,(H,3,4). The number of carboxylic acid groups (broad SMARTS) is 1. The maximum absolute atomic E-state index is 9.00. The summed E-state index contributed by atoms with van der Waals surface area (Å²) in [6, 6.07) is 7.60. The highest BCUT2D eigenvalue weighted by Crippen LogP contribution is 2.40. The van der Waals surface area contributed by atoms with Gasteiger partial charge in [0.2, 0.25) is 11.7 Å². The van der Waals surface area contributed by atoms with Crippen LogP contribution >= 0.6 is 0 Å². The Balaban J connectivity index is 0.000000785. The number of hydrogen-bond donors (Lipinski definition) is 4. The van der Waals surface area contributed by atoms with Crippen LogP contribution in [0.2, 0.25) is 0 Å². The Labute approximate surface area is 180 Å². The van der Waals surface area contributed by atoms with Gasteiger partial charge in [-0.05, 0) is 24.1 Å². The second-order valence-electron chi connectivity index (χ2n) is 6.50. The fourth-order valence-corrected chi connectivity index (χ4v) is 3.06. The summed E-state index contributed by atoms with van der Waals surface area (Å²) >= 11 is 0. The van der Waals surface area contributed by atoms with Gasteiger partial charge in [0, 0.05) is 36.7 Å². The molecule has 3 aromatic rings. The van der Waals surface area contributed by atoms with Crippen LogP contribution in [0.25, 0.3) is 10.9 Å². The molecule has 0 bridgehead atoms. The fraction of sp³-hybridized carbons (Fsp3) is 0.286. The Kier molecular flexibility index (Phi) is 7.67. The average molecular weight is 429 g/mol. The van der Waals surface area contributed by atoms with E-state index in [1.54, 1.807) is 21.3 Å². The first-order valence-corrected chi connectivity index (χ1v) is 9.26. The van der Waals surface area contributed by atoms with Crippen molar-refractivity contribution in [3.05, 3.63) is 35.4 Å². The van der Waals surface area contributed by atoms with Gasteiger partial charge in [-0.25, -0.2) is 4.98 Å². The molecule has 0 radical (unpaired) electrons. The molecule has 10 nitrogen and oxygen atoms in total. The van der Waals surface area contributed by atoms with E-state index in [2.05, 4.69) is 15.3 Å². The van der Waals surface area contributed by atoms with E-state index in [0.29, 0.717) is 29.6 Å². The number of benzene rings is 2. The topological polar surface area (TPSA) is 155 Å². The number of aryl methyl sites for hydroxylation is 1. The smallest absolute Gasteiger partial charge is 0.300 e. The van der Waals surface area contributed by atoms with Gasteiger partial charge in [-0.2, -0.15) is 4.98 Å². The molecule has 0 aliphatic rings. The van der Waals surface area contributed by atoms with Crippen molar-refractivity contribution >= 4 is 34.3 Å². The number of anilines is 3. The van der Waals surface area contributed by atoms with Crippen molar-refractivity contribution in [2.24, 2.45) is 0 Å². The van der Waals surface area contributed by atoms with Crippen LogP contribution in [-0.4, -0.2) is 42.4 Å². The zero-order chi connectivity index (χ0) is 23.1. The third-order valence-corrected chi connectivity index (χ3v) is 4.43. The van der Waals surface area contributed by atoms with Crippen LogP contribution < -0.4 is 31.0 Å². The molecule has 0 saturated carbocycles. The van der Waals surface area contributed by atoms with Crippen molar-refractivity contribution in [2.75, 3.05) is 38.1 Å². The molecule has 10 heteroatoms. The Bertz CT molecular complexity index is 1060. The first-order chi connectivity index (χ1) is 14.7. The third-order valence-electron chi connectivity index (χ3n) is 4.43. The first-order valence-electron chi connectivity index (χ1n) is 9.26. The minimum atomic E-state index is -0.833. The number of aliphatic carboxylic acids is 1. The van der Waals surface area contributed by atoms with Crippen LogP contribution in [0.15, 0.2) is 24.3 Å². The average Bonchev–Trinajstić information content (AvgIpc) is 2.71. The maximum atomic E-state index is 9.00. The normalized spacial score (nSPS) is 10.1. The molecule has 0 unspecified atom stereocenters. The van der Waals surface area contributed by atoms with Gasteiger partial charge in [-0.3, -0.25) is 4.79 Å². The largest absolute Gasteiger partial charge is 0.493 e. The number of nitrogens with zero attached hydrogens (tertiary/aromatic N) is 2. The van der Waals surface area contributed by atoms with E-state index in [0.717, 1.165) is 34.6 Å². The number of ether oxygens (including phenoxy) is 3. The van der Waals surface area contributed by atoms with Crippen molar-refractivity contribution < 1.29 is 24.1 Å². The molecule has 3 rings (SSSR count). The number of nitrogen functional groups attached to an aromatic ring is 2. The molecular weight excluding hydrogens is 402 g/mol. The monoisotopic (exact) mass is 429 g/mol. The minimum absolute atomic E-state index is 0.169. The van der Waals surface area contributed by atoms with Gasteiger partial charge in [0.15, 0.2) is 11.5 Å². The Hall–Kier alpha value is -3.95. The highest BCUT2D eigenvalue weighted by Gasteiger charge is 2.14. The number of rotatable bonds is 6. The highest BCUT2D eigenvalue weighted by molar-refractivity contribution is 5.92. The predicted molar refractivity (Wildman–Crippen MR) is 120 cm³/mol. The van der Waals surface area contributed by atoms with E-state index in [9.17, 15) is 0 Å². The van der Waals surface area contributed by atoms with E-state index >= 15 is 0 Å². The van der Waals surface area contributed by atoms with Crippen molar-refractivity contribution in [3.8, 4) is 17.2 Å². The van der Waals surface area contributed by atoms with Gasteiger partial charge in [-0.15, -0.1) is 0 Å². The Morgan fingerprint density at radius 2 is 1.65 bits per heavy atom. The Morgan fingerprint density at radius 1 is 1.06 bits per heavy atom.